The molecule has 0 saturated heterocycles. The van der Waals surface area contributed by atoms with E-state index in [1.807, 2.05) is 51.3 Å². The first-order valence-corrected chi connectivity index (χ1v) is 13.8. The summed E-state index contributed by atoms with van der Waals surface area (Å²) in [5, 5.41) is -0.190. The quantitative estimate of drug-likeness (QED) is 0.288. The Kier molecular flexibility index (Phi) is 6.34. The van der Waals surface area contributed by atoms with Crippen molar-refractivity contribution in [1.29, 1.82) is 0 Å². The molecule has 0 bridgehead atoms. The van der Waals surface area contributed by atoms with E-state index in [2.05, 4.69) is 30.5 Å². The molecule has 31 heavy (non-hydrogen) atoms. The van der Waals surface area contributed by atoms with E-state index >= 15 is 0 Å². The van der Waals surface area contributed by atoms with Gasteiger partial charge >= 0.3 is 0 Å². The Bertz CT molecular complexity index is 1100. The van der Waals surface area contributed by atoms with Crippen molar-refractivity contribution >= 4 is 35.9 Å². The highest BCUT2D eigenvalue weighted by molar-refractivity contribution is 9.10. The fraction of sp³-hybridized carbons (Fsp3) is 0.455. The topological polar surface area (TPSA) is 51.5 Å². The van der Waals surface area contributed by atoms with Gasteiger partial charge in [0.1, 0.15) is 5.60 Å². The predicted molar refractivity (Wildman–Crippen MR) is 127 cm³/mol. The van der Waals surface area contributed by atoms with E-state index in [0.29, 0.717) is 17.0 Å². The highest BCUT2D eigenvalue weighted by Gasteiger charge is 2.48. The number of nitrogens with one attached hydrogen (secondary N) is 1. The number of nitrogens with zero attached hydrogens (tertiary/aromatic N) is 3. The number of fused-ring (bicyclic) bond motifs is 1. The van der Waals surface area contributed by atoms with E-state index in [1.165, 1.54) is 6.92 Å². The van der Waals surface area contributed by atoms with Crippen molar-refractivity contribution in [2.24, 2.45) is 0 Å². The smallest absolute Gasteiger partial charge is 0.269 e. The molecule has 0 spiro atoms. The average molecular weight is 511 g/mol. The van der Waals surface area contributed by atoms with Crippen LogP contribution in [-0.2, 0) is 10.0 Å². The Hall–Kier alpha value is -1.84. The van der Waals surface area contributed by atoms with Crippen molar-refractivity contribution in [3.63, 3.8) is 0 Å². The van der Waals surface area contributed by atoms with E-state index in [-0.39, 0.29) is 5.04 Å². The Morgan fingerprint density at radius 2 is 1.84 bits per heavy atom. The second kappa shape index (κ2) is 8.25. The Morgan fingerprint density at radius 3 is 2.42 bits per heavy atom. The number of halogens is 3. The first-order valence-electron chi connectivity index (χ1n) is 10.1. The van der Waals surface area contributed by atoms with Crippen molar-refractivity contribution in [1.82, 2.24) is 14.4 Å². The summed E-state index contributed by atoms with van der Waals surface area (Å²) < 4.78 is 40.0. The Balaban J connectivity index is 2.16. The van der Waals surface area contributed by atoms with E-state index < -0.39 is 20.3 Å². The molecule has 1 atom stereocenters. The molecule has 2 aromatic heterocycles. The Labute approximate surface area is 191 Å². The summed E-state index contributed by atoms with van der Waals surface area (Å²) in [5.74, 6) is 0.571. The number of aryl methyl sites for hydroxylation is 1. The molecular weight excluding hydrogens is 482 g/mol. The number of benzene rings is 1. The van der Waals surface area contributed by atoms with Crippen molar-refractivity contribution in [3.05, 3.63) is 47.9 Å². The summed E-state index contributed by atoms with van der Waals surface area (Å²) >= 11 is 3.19. The molecule has 9 heteroatoms. The number of hydrogen-bond acceptors (Lipinski definition) is 4. The molecular formula is C22H29BrF2N4OSi. The molecule has 3 rings (SSSR count). The van der Waals surface area contributed by atoms with Gasteiger partial charge in [-0.05, 0) is 49.2 Å². The van der Waals surface area contributed by atoms with Crippen molar-refractivity contribution in [2.75, 3.05) is 4.34 Å². The van der Waals surface area contributed by atoms with Gasteiger partial charge in [-0.25, -0.2) is 18.7 Å². The zero-order valence-electron chi connectivity index (χ0n) is 18.9. The van der Waals surface area contributed by atoms with Gasteiger partial charge in [-0.1, -0.05) is 32.9 Å². The highest BCUT2D eigenvalue weighted by atomic mass is 79.9. The van der Waals surface area contributed by atoms with Crippen molar-refractivity contribution in [3.8, 4) is 11.3 Å². The number of anilines is 1. The summed E-state index contributed by atoms with van der Waals surface area (Å²) in [4.78, 5) is 8.70. The normalized spacial score (nSPS) is 14.8. The van der Waals surface area contributed by atoms with Gasteiger partial charge in [0.2, 0.25) is 0 Å². The molecule has 0 aliphatic rings. The molecule has 0 radical (unpaired) electrons. The zero-order valence-corrected chi connectivity index (χ0v) is 21.5. The van der Waals surface area contributed by atoms with E-state index in [1.54, 1.807) is 30.7 Å². The molecule has 2 heterocycles. The summed E-state index contributed by atoms with van der Waals surface area (Å²) in [6.07, 6.45) is 2.51. The number of imidazole rings is 1. The van der Waals surface area contributed by atoms with Crippen LogP contribution in [0.3, 0.4) is 0 Å². The fourth-order valence-electron chi connectivity index (χ4n) is 3.30. The minimum Gasteiger partial charge on any atom is -0.402 e. The van der Waals surface area contributed by atoms with Crippen LogP contribution in [0.1, 0.15) is 38.8 Å². The van der Waals surface area contributed by atoms with Crippen LogP contribution < -0.4 is 4.34 Å². The number of rotatable bonds is 6. The van der Waals surface area contributed by atoms with Gasteiger partial charge in [0.25, 0.3) is 6.43 Å². The van der Waals surface area contributed by atoms with E-state index in [0.717, 1.165) is 16.8 Å². The highest BCUT2D eigenvalue weighted by Crippen LogP contribution is 2.44. The molecule has 3 aromatic rings. The third kappa shape index (κ3) is 4.27. The summed E-state index contributed by atoms with van der Waals surface area (Å²) in [6, 6.07) is 5.42. The number of alkyl halides is 2. The first-order chi connectivity index (χ1) is 14.3. The maximum absolute atomic E-state index is 14.5. The Morgan fingerprint density at radius 1 is 1.16 bits per heavy atom. The lowest BCUT2D eigenvalue weighted by Gasteiger charge is -2.44. The molecule has 1 aromatic carbocycles. The maximum atomic E-state index is 14.5. The summed E-state index contributed by atoms with van der Waals surface area (Å²) in [7, 11) is -2.46. The minimum atomic E-state index is -2.67. The standard InChI is InChI=1S/C22H29BrF2N4OSi/c1-14-8-9-15(22(5,20(24)25)30-31(6,7)21(2,3)4)12-16(14)17-13-27-19-18(28-23)26-10-11-29(17)19/h8-13,20H,1-7H3,(H,26,28). The predicted octanol–water partition coefficient (Wildman–Crippen LogP) is 6.93. The van der Waals surface area contributed by atoms with Crippen LogP contribution in [0.2, 0.25) is 18.1 Å². The van der Waals surface area contributed by atoms with Gasteiger partial charge in [-0.15, -0.1) is 0 Å². The molecule has 5 nitrogen and oxygen atoms in total. The van der Waals surface area contributed by atoms with Crippen LogP contribution in [0.25, 0.3) is 16.9 Å². The lowest BCUT2D eigenvalue weighted by molar-refractivity contribution is -0.0777. The van der Waals surface area contributed by atoms with Crippen LogP contribution in [0.15, 0.2) is 36.8 Å². The van der Waals surface area contributed by atoms with Gasteiger partial charge < -0.3 is 8.77 Å². The molecule has 168 valence electrons. The molecule has 0 aliphatic heterocycles. The van der Waals surface area contributed by atoms with Gasteiger partial charge in [0.15, 0.2) is 19.8 Å². The number of hydrogen-bond donors (Lipinski definition) is 1. The summed E-state index contributed by atoms with van der Waals surface area (Å²) in [6.45, 7) is 13.6. The van der Waals surface area contributed by atoms with Gasteiger partial charge in [-0.2, -0.15) is 0 Å². The summed E-state index contributed by atoms with van der Waals surface area (Å²) in [5.41, 5.74) is 1.95. The van der Waals surface area contributed by atoms with Crippen LogP contribution in [0.4, 0.5) is 14.6 Å². The molecule has 0 amide bonds. The lowest BCUT2D eigenvalue weighted by Crippen LogP contribution is -2.50. The monoisotopic (exact) mass is 510 g/mol. The van der Waals surface area contributed by atoms with Gasteiger partial charge in [-0.3, -0.25) is 4.40 Å². The van der Waals surface area contributed by atoms with Crippen LogP contribution in [0, 0.1) is 6.92 Å². The number of aromatic nitrogens is 3. The largest absolute Gasteiger partial charge is 0.402 e. The first kappa shape index (κ1) is 23.8. The molecule has 1 N–H and O–H groups in total. The zero-order chi connectivity index (χ0) is 23.2. The third-order valence-corrected chi connectivity index (χ3v) is 11.2. The van der Waals surface area contributed by atoms with Crippen LogP contribution in [0.5, 0.6) is 0 Å². The van der Waals surface area contributed by atoms with Crippen LogP contribution >= 0.6 is 16.1 Å². The second-order valence-corrected chi connectivity index (χ2v) is 14.6. The molecule has 1 unspecified atom stereocenters. The van der Waals surface area contributed by atoms with Crippen molar-refractivity contribution in [2.45, 2.75) is 64.8 Å². The fourth-order valence-corrected chi connectivity index (χ4v) is 5.16. The average Bonchev–Trinajstić information content (AvgIpc) is 3.10. The molecule has 0 fully saturated rings. The second-order valence-electron chi connectivity index (χ2n) is 9.51. The van der Waals surface area contributed by atoms with E-state index in [9.17, 15) is 8.78 Å². The van der Waals surface area contributed by atoms with Crippen LogP contribution in [-0.4, -0.2) is 29.1 Å². The maximum Gasteiger partial charge on any atom is 0.269 e. The lowest BCUT2D eigenvalue weighted by atomic mass is 9.92. The molecule has 0 aliphatic carbocycles. The molecule has 0 saturated carbocycles. The van der Waals surface area contributed by atoms with Gasteiger partial charge in [0, 0.05) is 34.1 Å². The third-order valence-electron chi connectivity index (χ3n) is 6.29. The van der Waals surface area contributed by atoms with E-state index in [4.69, 9.17) is 4.43 Å². The SMILES string of the molecule is Cc1ccc(C(C)(O[Si](C)(C)C(C)(C)C)C(F)F)cc1-c1cnc2c(NBr)nccn12. The van der Waals surface area contributed by atoms with Gasteiger partial charge in [0.05, 0.1) is 11.9 Å². The van der Waals surface area contributed by atoms with Crippen molar-refractivity contribution < 1.29 is 13.2 Å². The minimum absolute atomic E-state index is 0.190.